The number of carbonyl (C=O) groups is 2. The molecule has 1 unspecified atom stereocenters. The van der Waals surface area contributed by atoms with Crippen molar-refractivity contribution < 1.29 is 19.5 Å². The van der Waals surface area contributed by atoms with Crippen molar-refractivity contribution in [1.82, 2.24) is 5.06 Å². The zero-order chi connectivity index (χ0) is 17.2. The highest BCUT2D eigenvalue weighted by atomic mass is 35.5. The van der Waals surface area contributed by atoms with Crippen molar-refractivity contribution in [3.63, 3.8) is 0 Å². The Balaban J connectivity index is 2.15. The predicted molar refractivity (Wildman–Crippen MR) is 83.3 cm³/mol. The van der Waals surface area contributed by atoms with Crippen molar-refractivity contribution >= 4 is 29.2 Å². The van der Waals surface area contributed by atoms with Gasteiger partial charge in [0.05, 0.1) is 24.3 Å². The number of carbonyl (C=O) groups excluding carboxylic acids is 1. The molecule has 2 rings (SSSR count). The van der Waals surface area contributed by atoms with Gasteiger partial charge in [-0.05, 0) is 44.5 Å². The first-order valence-electron chi connectivity index (χ1n) is 7.07. The van der Waals surface area contributed by atoms with E-state index in [1.54, 1.807) is 18.2 Å². The molecule has 23 heavy (non-hydrogen) atoms. The number of carboxylic acids is 1. The van der Waals surface area contributed by atoms with E-state index < -0.39 is 17.4 Å². The van der Waals surface area contributed by atoms with Gasteiger partial charge in [0.1, 0.15) is 0 Å². The molecule has 1 saturated heterocycles. The van der Waals surface area contributed by atoms with Gasteiger partial charge in [0.2, 0.25) is 0 Å². The van der Waals surface area contributed by atoms with Crippen LogP contribution in [0.15, 0.2) is 28.4 Å². The number of aliphatic carboxylic acids is 1. The number of halogens is 1. The van der Waals surface area contributed by atoms with Crippen molar-refractivity contribution in [2.24, 2.45) is 15.6 Å². The number of hydrogen-bond donors (Lipinski definition) is 1. The van der Waals surface area contributed by atoms with Crippen LogP contribution < -0.4 is 0 Å². The minimum Gasteiger partial charge on any atom is -0.480 e. The number of nitrogens with zero attached hydrogens (tertiary/aromatic N) is 3. The van der Waals surface area contributed by atoms with E-state index in [2.05, 4.69) is 10.2 Å². The number of carboxylic acid groups (broad SMARTS) is 1. The summed E-state index contributed by atoms with van der Waals surface area (Å²) in [5, 5.41) is 18.1. The molecule has 1 aliphatic rings. The number of hydroxylamine groups is 2. The van der Waals surface area contributed by atoms with Crippen molar-refractivity contribution in [2.45, 2.75) is 33.4 Å². The number of azo groups is 1. The van der Waals surface area contributed by atoms with Crippen molar-refractivity contribution in [3.05, 3.63) is 28.8 Å². The molecule has 7 nitrogen and oxygen atoms in total. The Kier molecular flexibility index (Phi) is 5.01. The molecule has 0 radical (unpaired) electrons. The van der Waals surface area contributed by atoms with E-state index in [9.17, 15) is 9.59 Å². The van der Waals surface area contributed by atoms with E-state index in [1.165, 1.54) is 12.0 Å². The fourth-order valence-electron chi connectivity index (χ4n) is 1.92. The Morgan fingerprint density at radius 3 is 2.78 bits per heavy atom. The van der Waals surface area contributed by atoms with Gasteiger partial charge in [-0.3, -0.25) is 9.63 Å². The molecule has 1 aromatic rings. The van der Waals surface area contributed by atoms with Gasteiger partial charge in [-0.25, -0.2) is 9.86 Å². The zero-order valence-electron chi connectivity index (χ0n) is 13.1. The quantitative estimate of drug-likeness (QED) is 0.834. The zero-order valence-corrected chi connectivity index (χ0v) is 13.9. The molecule has 0 aliphatic carbocycles. The number of hydrogen-bond acceptors (Lipinski definition) is 5. The summed E-state index contributed by atoms with van der Waals surface area (Å²) in [5.41, 5.74) is 0.557. The second-order valence-corrected chi connectivity index (χ2v) is 6.41. The average Bonchev–Trinajstić information content (AvgIpc) is 2.74. The van der Waals surface area contributed by atoms with Gasteiger partial charge in [-0.1, -0.05) is 11.6 Å². The van der Waals surface area contributed by atoms with E-state index in [0.29, 0.717) is 22.9 Å². The first-order chi connectivity index (χ1) is 10.7. The summed E-state index contributed by atoms with van der Waals surface area (Å²) in [7, 11) is 0. The maximum atomic E-state index is 12.2. The van der Waals surface area contributed by atoms with E-state index in [-0.39, 0.29) is 12.5 Å². The maximum Gasteiger partial charge on any atom is 0.330 e. The van der Waals surface area contributed by atoms with Gasteiger partial charge < -0.3 is 5.11 Å². The van der Waals surface area contributed by atoms with Gasteiger partial charge in [0, 0.05) is 5.02 Å². The van der Waals surface area contributed by atoms with Crippen LogP contribution in [0.5, 0.6) is 0 Å². The molecule has 1 atom stereocenters. The van der Waals surface area contributed by atoms with Crippen LogP contribution in [-0.2, 0) is 21.0 Å². The van der Waals surface area contributed by atoms with E-state index in [4.69, 9.17) is 21.5 Å². The summed E-state index contributed by atoms with van der Waals surface area (Å²) in [6.07, 6.45) is 0. The fourth-order valence-corrected chi connectivity index (χ4v) is 2.09. The molecule has 1 aromatic carbocycles. The fraction of sp³-hybridized carbons (Fsp3) is 0.467. The minimum absolute atomic E-state index is 0.111. The van der Waals surface area contributed by atoms with E-state index in [0.717, 1.165) is 0 Å². The highest BCUT2D eigenvalue weighted by Crippen LogP contribution is 2.30. The second-order valence-electron chi connectivity index (χ2n) is 6.00. The standard InChI is InChI=1S/C15H18ClN3O4/c1-9(13(20)21)17-18-11-4-5-12(16)10(6-11)7-19-14(22)15(2,3)8-23-19/h4-6,9H,7-8H2,1-3H3,(H,20,21). The maximum absolute atomic E-state index is 12.2. The third-order valence-corrected chi connectivity index (χ3v) is 3.80. The van der Waals surface area contributed by atoms with Gasteiger partial charge in [0.15, 0.2) is 6.04 Å². The van der Waals surface area contributed by atoms with Crippen LogP contribution in [0.3, 0.4) is 0 Å². The number of rotatable bonds is 5. The molecule has 1 amide bonds. The Labute approximate surface area is 138 Å². The van der Waals surface area contributed by atoms with E-state index in [1.807, 2.05) is 13.8 Å². The molecule has 124 valence electrons. The molecule has 8 heteroatoms. The first-order valence-corrected chi connectivity index (χ1v) is 7.45. The van der Waals surface area contributed by atoms with Crippen molar-refractivity contribution in [3.8, 4) is 0 Å². The Morgan fingerprint density at radius 2 is 2.22 bits per heavy atom. The van der Waals surface area contributed by atoms with Crippen LogP contribution in [0, 0.1) is 5.41 Å². The summed E-state index contributed by atoms with van der Waals surface area (Å²) in [6.45, 7) is 5.57. The minimum atomic E-state index is -1.05. The lowest BCUT2D eigenvalue weighted by molar-refractivity contribution is -0.165. The highest BCUT2D eigenvalue weighted by Gasteiger charge is 2.40. The van der Waals surface area contributed by atoms with Gasteiger partial charge in [-0.2, -0.15) is 10.2 Å². The van der Waals surface area contributed by atoms with Crippen LogP contribution in [-0.4, -0.2) is 34.7 Å². The van der Waals surface area contributed by atoms with Crippen molar-refractivity contribution in [2.75, 3.05) is 6.61 Å². The second kappa shape index (κ2) is 6.64. The van der Waals surface area contributed by atoms with Gasteiger partial charge in [-0.15, -0.1) is 0 Å². The Morgan fingerprint density at radius 1 is 1.52 bits per heavy atom. The van der Waals surface area contributed by atoms with Gasteiger partial charge in [0.25, 0.3) is 5.91 Å². The molecule has 0 bridgehead atoms. The van der Waals surface area contributed by atoms with Crippen LogP contribution in [0.25, 0.3) is 0 Å². The first kappa shape index (κ1) is 17.4. The summed E-state index contributed by atoms with van der Waals surface area (Å²) in [5.74, 6) is -1.17. The summed E-state index contributed by atoms with van der Waals surface area (Å²) < 4.78 is 0. The highest BCUT2D eigenvalue weighted by molar-refractivity contribution is 6.31. The predicted octanol–water partition coefficient (Wildman–Crippen LogP) is 3.20. The normalized spacial score (nSPS) is 18.6. The molecule has 0 spiro atoms. The van der Waals surface area contributed by atoms with Crippen LogP contribution in [0.2, 0.25) is 5.02 Å². The molecule has 0 aromatic heterocycles. The number of amides is 1. The topological polar surface area (TPSA) is 91.6 Å². The lowest BCUT2D eigenvalue weighted by Gasteiger charge is -2.17. The summed E-state index contributed by atoms with van der Waals surface area (Å²) >= 11 is 6.15. The lowest BCUT2D eigenvalue weighted by atomic mass is 9.95. The van der Waals surface area contributed by atoms with Crippen LogP contribution in [0.4, 0.5) is 5.69 Å². The molecule has 0 saturated carbocycles. The monoisotopic (exact) mass is 339 g/mol. The largest absolute Gasteiger partial charge is 0.480 e. The van der Waals surface area contributed by atoms with Crippen LogP contribution >= 0.6 is 11.6 Å². The molecule has 1 aliphatic heterocycles. The molecule has 1 N–H and O–H groups in total. The molecule has 1 fully saturated rings. The smallest absolute Gasteiger partial charge is 0.330 e. The SMILES string of the molecule is CC(N=Nc1ccc(Cl)c(CN2OCC(C)(C)C2=O)c1)C(=O)O. The molecular weight excluding hydrogens is 322 g/mol. The lowest BCUT2D eigenvalue weighted by Crippen LogP contribution is -2.30. The Hall–Kier alpha value is -1.99. The van der Waals surface area contributed by atoms with E-state index >= 15 is 0 Å². The van der Waals surface area contributed by atoms with Crippen molar-refractivity contribution in [1.29, 1.82) is 0 Å². The molecular formula is C15H18ClN3O4. The summed E-state index contributed by atoms with van der Waals surface area (Å²) in [6, 6.07) is 3.98. The summed E-state index contributed by atoms with van der Waals surface area (Å²) in [4.78, 5) is 28.3. The third kappa shape index (κ3) is 4.05. The average molecular weight is 340 g/mol. The molecule has 1 heterocycles. The van der Waals surface area contributed by atoms with Crippen LogP contribution in [0.1, 0.15) is 26.3 Å². The van der Waals surface area contributed by atoms with Gasteiger partial charge >= 0.3 is 5.97 Å². The third-order valence-electron chi connectivity index (χ3n) is 3.43. The number of benzene rings is 1. The Bertz CT molecular complexity index is 660.